The van der Waals surface area contributed by atoms with E-state index in [4.69, 9.17) is 4.74 Å². The van der Waals surface area contributed by atoms with Gasteiger partial charge in [0.15, 0.2) is 11.6 Å². The molecule has 2 aromatic rings. The first-order valence-electron chi connectivity index (χ1n) is 14.8. The molecule has 2 amide bonds. The van der Waals surface area contributed by atoms with Gasteiger partial charge in [0.1, 0.15) is 18.0 Å². The van der Waals surface area contributed by atoms with E-state index in [1.807, 2.05) is 32.9 Å². The van der Waals surface area contributed by atoms with Crippen LogP contribution in [0.1, 0.15) is 95.6 Å². The molecule has 1 aromatic heterocycles. The normalized spacial score (nSPS) is 27.4. The summed E-state index contributed by atoms with van der Waals surface area (Å²) in [6, 6.07) is 3.29. The van der Waals surface area contributed by atoms with Crippen molar-refractivity contribution in [3.05, 3.63) is 23.4 Å². The number of hydrogen-bond acceptors (Lipinski definition) is 6. The molecule has 216 valence electrons. The Labute approximate surface area is 236 Å². The number of aryl methyl sites for hydroxylation is 1. The van der Waals surface area contributed by atoms with Crippen LogP contribution >= 0.6 is 0 Å². The molecular weight excluding hydrogens is 508 g/mol. The first-order valence-corrected chi connectivity index (χ1v) is 14.8. The van der Waals surface area contributed by atoms with E-state index in [1.165, 1.54) is 6.92 Å². The van der Waals surface area contributed by atoms with Crippen molar-refractivity contribution in [3.63, 3.8) is 0 Å². The quantitative estimate of drug-likeness (QED) is 0.558. The van der Waals surface area contributed by atoms with Crippen molar-refractivity contribution in [1.29, 1.82) is 0 Å². The minimum atomic E-state index is -0.495. The Morgan fingerprint density at radius 1 is 1.20 bits per heavy atom. The lowest BCUT2D eigenvalue weighted by Gasteiger charge is -2.26. The monoisotopic (exact) mass is 550 g/mol. The van der Waals surface area contributed by atoms with Crippen LogP contribution < -0.4 is 10.1 Å². The summed E-state index contributed by atoms with van der Waals surface area (Å²) >= 11 is 0. The molecule has 0 unspecified atom stereocenters. The highest BCUT2D eigenvalue weighted by Gasteiger charge is 2.66. The van der Waals surface area contributed by atoms with Crippen LogP contribution in [0.3, 0.4) is 0 Å². The van der Waals surface area contributed by atoms with Gasteiger partial charge in [-0.3, -0.25) is 23.9 Å². The molecule has 9 nitrogen and oxygen atoms in total. The molecule has 40 heavy (non-hydrogen) atoms. The lowest BCUT2D eigenvalue weighted by molar-refractivity contribution is -0.139. The molecule has 0 spiro atoms. The maximum absolute atomic E-state index is 13.9. The van der Waals surface area contributed by atoms with Crippen LogP contribution in [0.5, 0.6) is 5.75 Å². The number of carbonyl (C=O) groups excluding carboxylic acids is 4. The lowest BCUT2D eigenvalue weighted by Crippen LogP contribution is -2.44. The topological polar surface area (TPSA) is 111 Å². The number of hydrogen-bond donors (Lipinski definition) is 1. The van der Waals surface area contributed by atoms with Crippen molar-refractivity contribution in [2.45, 2.75) is 111 Å². The largest absolute Gasteiger partial charge is 0.491 e. The fraction of sp³-hybridized carbons (Fsp3) is 0.645. The third-order valence-electron chi connectivity index (χ3n) is 8.88. The number of aromatic nitrogens is 2. The smallest absolute Gasteiger partial charge is 0.245 e. The van der Waals surface area contributed by atoms with Gasteiger partial charge in [-0.1, -0.05) is 26.7 Å². The zero-order valence-corrected chi connectivity index (χ0v) is 24.4. The average Bonchev–Trinajstić information content (AvgIpc) is 3.30. The van der Waals surface area contributed by atoms with Crippen molar-refractivity contribution in [2.24, 2.45) is 11.3 Å². The number of benzene rings is 1. The van der Waals surface area contributed by atoms with E-state index in [0.717, 1.165) is 43.2 Å². The average molecular weight is 551 g/mol. The van der Waals surface area contributed by atoms with Gasteiger partial charge in [0.05, 0.1) is 17.7 Å². The third-order valence-corrected chi connectivity index (χ3v) is 8.88. The van der Waals surface area contributed by atoms with Crippen LogP contribution in [0.2, 0.25) is 0 Å². The van der Waals surface area contributed by atoms with Gasteiger partial charge in [-0.25, -0.2) is 0 Å². The molecule has 1 N–H and O–H groups in total. The zero-order chi connectivity index (χ0) is 28.8. The van der Waals surface area contributed by atoms with Crippen molar-refractivity contribution >= 4 is 34.3 Å². The number of amides is 2. The Hall–Kier alpha value is -3.23. The Kier molecular flexibility index (Phi) is 7.77. The summed E-state index contributed by atoms with van der Waals surface area (Å²) in [7, 11) is 0. The number of nitrogens with zero attached hydrogens (tertiary/aromatic N) is 3. The van der Waals surface area contributed by atoms with Gasteiger partial charge in [0.2, 0.25) is 11.8 Å². The molecule has 9 heteroatoms. The van der Waals surface area contributed by atoms with Crippen LogP contribution in [0.25, 0.3) is 10.9 Å². The molecule has 4 atom stereocenters. The second kappa shape index (κ2) is 11.0. The number of ketones is 2. The maximum atomic E-state index is 13.9. The SMILES string of the molecule is CCC(=O)[C@@H]1C[C@]23CNC(=O)C[C@@H](C)CCCCc4cc(OC(C)C)cc5c(C(C)=O)nn(c45)CC(=O)N1[C@@H]2C3. The zero-order valence-electron chi connectivity index (χ0n) is 24.4. The molecule has 3 heterocycles. The van der Waals surface area contributed by atoms with Gasteiger partial charge in [0, 0.05) is 43.2 Å². The van der Waals surface area contributed by atoms with Crippen LogP contribution in [-0.4, -0.2) is 62.8 Å². The molecule has 2 aliphatic heterocycles. The number of nitrogens with one attached hydrogen (secondary N) is 1. The van der Waals surface area contributed by atoms with Crippen molar-refractivity contribution < 1.29 is 23.9 Å². The van der Waals surface area contributed by atoms with E-state index in [0.29, 0.717) is 42.6 Å². The van der Waals surface area contributed by atoms with E-state index in [2.05, 4.69) is 17.3 Å². The number of rotatable bonds is 5. The van der Waals surface area contributed by atoms with Crippen LogP contribution in [-0.2, 0) is 27.3 Å². The Morgan fingerprint density at radius 2 is 1.98 bits per heavy atom. The van der Waals surface area contributed by atoms with Crippen LogP contribution in [0, 0.1) is 11.3 Å². The first kappa shape index (κ1) is 28.3. The molecule has 0 radical (unpaired) electrons. The Bertz CT molecular complexity index is 1350. The summed E-state index contributed by atoms with van der Waals surface area (Å²) in [4.78, 5) is 54.1. The van der Waals surface area contributed by atoms with E-state index in [-0.39, 0.29) is 53.4 Å². The highest BCUT2D eigenvalue weighted by Crippen LogP contribution is 2.59. The summed E-state index contributed by atoms with van der Waals surface area (Å²) in [6.45, 7) is 9.79. The summed E-state index contributed by atoms with van der Waals surface area (Å²) in [5.74, 6) is 0.671. The predicted octanol–water partition coefficient (Wildman–Crippen LogP) is 4.23. The Balaban J connectivity index is 1.58. The van der Waals surface area contributed by atoms with Crippen molar-refractivity contribution in [1.82, 2.24) is 20.0 Å². The molecule has 2 fully saturated rings. The summed E-state index contributed by atoms with van der Waals surface area (Å²) in [5, 5.41) is 8.47. The van der Waals surface area contributed by atoms with Crippen molar-refractivity contribution in [2.75, 3.05) is 6.54 Å². The summed E-state index contributed by atoms with van der Waals surface area (Å²) in [6.07, 6.45) is 5.65. The second-order valence-electron chi connectivity index (χ2n) is 12.5. The molecule has 1 aliphatic carbocycles. The van der Waals surface area contributed by atoms with Gasteiger partial charge >= 0.3 is 0 Å². The summed E-state index contributed by atoms with van der Waals surface area (Å²) < 4.78 is 7.71. The molecule has 2 bridgehead atoms. The van der Waals surface area contributed by atoms with Gasteiger partial charge in [-0.2, -0.15) is 5.10 Å². The molecule has 1 saturated carbocycles. The first-order chi connectivity index (χ1) is 19.0. The minimum Gasteiger partial charge on any atom is -0.491 e. The number of piperidine rings is 1. The minimum absolute atomic E-state index is 0.0359. The van der Waals surface area contributed by atoms with E-state index >= 15 is 0 Å². The number of ether oxygens (including phenoxy) is 1. The molecule has 1 saturated heterocycles. The van der Waals surface area contributed by atoms with Crippen LogP contribution in [0.4, 0.5) is 0 Å². The van der Waals surface area contributed by atoms with Gasteiger partial charge in [0.25, 0.3) is 0 Å². The Morgan fingerprint density at radius 3 is 2.67 bits per heavy atom. The highest BCUT2D eigenvalue weighted by molar-refractivity contribution is 6.06. The van der Waals surface area contributed by atoms with Gasteiger partial charge < -0.3 is 15.0 Å². The molecule has 3 aliphatic rings. The van der Waals surface area contributed by atoms with Crippen molar-refractivity contribution in [3.8, 4) is 5.75 Å². The lowest BCUT2D eigenvalue weighted by atomic mass is 9.95. The predicted molar refractivity (Wildman–Crippen MR) is 151 cm³/mol. The molecule has 5 rings (SSSR count). The van der Waals surface area contributed by atoms with Gasteiger partial charge in [-0.05, 0) is 63.1 Å². The van der Waals surface area contributed by atoms with Crippen LogP contribution in [0.15, 0.2) is 12.1 Å². The second-order valence-corrected chi connectivity index (χ2v) is 12.5. The highest BCUT2D eigenvalue weighted by atomic mass is 16.5. The van der Waals surface area contributed by atoms with E-state index < -0.39 is 6.04 Å². The number of carbonyl (C=O) groups is 4. The van der Waals surface area contributed by atoms with E-state index in [9.17, 15) is 19.2 Å². The standard InChI is InChI=1S/C31H42N4O5/c1-6-25(37)24-14-31-15-26(31)35(24)28(39)16-34-30-21(10-8-7-9-19(4)11-27(38)32-17-31)12-22(40-18(2)3)13-23(30)29(33-34)20(5)36/h12-13,18-19,24,26H,6-11,14-17H2,1-5H3,(H,32,38)/t19-,24-,26+,31-/m0/s1. The van der Waals surface area contributed by atoms with Gasteiger partial charge in [-0.15, -0.1) is 0 Å². The third kappa shape index (κ3) is 5.39. The molecule has 1 aromatic carbocycles. The maximum Gasteiger partial charge on any atom is 0.245 e. The number of Topliss-reactive ketones (excluding diaryl/α,β-unsaturated/α-hetero) is 2. The fourth-order valence-corrected chi connectivity index (χ4v) is 6.82. The fourth-order valence-electron chi connectivity index (χ4n) is 6.82. The van der Waals surface area contributed by atoms with E-state index in [1.54, 1.807) is 9.58 Å². The molecular formula is C31H42N4O5. The summed E-state index contributed by atoms with van der Waals surface area (Å²) in [5.41, 5.74) is 1.85.